The second kappa shape index (κ2) is 21.4. The summed E-state index contributed by atoms with van der Waals surface area (Å²) in [7, 11) is 0. The fourth-order valence-corrected chi connectivity index (χ4v) is 13.3. The zero-order chi connectivity index (χ0) is 50.6. The van der Waals surface area contributed by atoms with E-state index < -0.39 is 0 Å². The van der Waals surface area contributed by atoms with Crippen molar-refractivity contribution >= 4 is 28.5 Å². The Labute approximate surface area is 432 Å². The molecule has 0 aromatic heterocycles. The zero-order valence-electron chi connectivity index (χ0n) is 44.4. The first-order chi connectivity index (χ1) is 35.2. The molecule has 6 aliphatic rings. The molecule has 0 nitrogen and oxygen atoms in total. The summed E-state index contributed by atoms with van der Waals surface area (Å²) in [4.78, 5) is 0. The monoisotopic (exact) mass is 939 g/mol. The second-order valence-electron chi connectivity index (χ2n) is 20.2. The Morgan fingerprint density at radius 1 is 0.611 bits per heavy atom. The third-order valence-corrected chi connectivity index (χ3v) is 15.9. The predicted octanol–water partition coefficient (Wildman–Crippen LogP) is 19.5. The zero-order valence-corrected chi connectivity index (χ0v) is 44.4. The van der Waals surface area contributed by atoms with Crippen LogP contribution >= 0.6 is 0 Å². The number of hydrogen-bond acceptors (Lipinski definition) is 0. The van der Waals surface area contributed by atoms with Crippen molar-refractivity contribution in [3.63, 3.8) is 0 Å². The van der Waals surface area contributed by atoms with E-state index in [0.717, 1.165) is 0 Å². The number of rotatable bonds is 3. The second-order valence-corrected chi connectivity index (χ2v) is 20.2. The normalized spacial score (nSPS) is 20.5. The van der Waals surface area contributed by atoms with Gasteiger partial charge in [0, 0.05) is 17.3 Å². The van der Waals surface area contributed by atoms with Crippen molar-refractivity contribution < 1.29 is 0 Å². The first-order valence-corrected chi connectivity index (χ1v) is 26.9. The minimum Gasteiger partial charge on any atom is -0.0984 e. The molecule has 0 N–H and O–H groups in total. The molecular weight excluding hydrogens is 865 g/mol. The Balaban J connectivity index is 0.000000129. The molecule has 72 heavy (non-hydrogen) atoms. The first kappa shape index (κ1) is 49.9. The van der Waals surface area contributed by atoms with E-state index in [4.69, 9.17) is 0 Å². The van der Waals surface area contributed by atoms with Crippen molar-refractivity contribution in [2.24, 2.45) is 5.92 Å². The quantitative estimate of drug-likeness (QED) is 0.166. The molecular formula is C72H74. The molecule has 6 aliphatic carbocycles. The lowest BCUT2D eigenvalue weighted by Crippen LogP contribution is -2.34. The standard InChI is InChI=1S/C27H24.C21H18.C19H18.C3H8.C2H6/c1-4-11-23-19(5-2)20-13-6-8-16-24(20)27(23)25-17-9-7-14-21(25)22-15-10-12-18(3)26(22)27;1-15-9-8-13-18-17-12-6-7-14-19(17)21(2,20(15)18)16-10-4-3-5-11-16;1-13-10-11-18-16-8-3-2-6-14(16)15-7-4-5-9-17(15)19(18)12-13;1-3-2;1-2/h4-17,21,25H,2H2,1,3H3;3-14H,1-2H3;3,5,8-12H,2,4,6-7H2,1H3;3H2,1-2H3;1-2H3/b11-4-;;;;. The van der Waals surface area contributed by atoms with Gasteiger partial charge in [-0.2, -0.15) is 0 Å². The summed E-state index contributed by atoms with van der Waals surface area (Å²) in [5.74, 6) is 0.811. The highest BCUT2D eigenvalue weighted by atomic mass is 14.6. The van der Waals surface area contributed by atoms with Crippen LogP contribution in [0.2, 0.25) is 0 Å². The van der Waals surface area contributed by atoms with Gasteiger partial charge in [-0.15, -0.1) is 0 Å². The van der Waals surface area contributed by atoms with E-state index in [2.05, 4.69) is 255 Å². The molecule has 13 rings (SSSR count). The van der Waals surface area contributed by atoms with Crippen LogP contribution in [0.1, 0.15) is 145 Å². The molecule has 0 heteroatoms. The summed E-state index contributed by atoms with van der Waals surface area (Å²) in [6, 6.07) is 49.0. The molecule has 362 valence electrons. The highest BCUT2D eigenvalue weighted by molar-refractivity contribution is 6.00. The summed E-state index contributed by atoms with van der Waals surface area (Å²) in [5.41, 5.74) is 25.5. The van der Waals surface area contributed by atoms with Crippen molar-refractivity contribution in [1.29, 1.82) is 0 Å². The largest absolute Gasteiger partial charge is 0.0984 e. The van der Waals surface area contributed by atoms with Gasteiger partial charge in [0.05, 0.1) is 5.41 Å². The van der Waals surface area contributed by atoms with Crippen LogP contribution in [-0.4, -0.2) is 0 Å². The van der Waals surface area contributed by atoms with Crippen LogP contribution in [0.25, 0.3) is 39.6 Å². The maximum atomic E-state index is 4.19. The van der Waals surface area contributed by atoms with Crippen LogP contribution in [0.15, 0.2) is 200 Å². The summed E-state index contributed by atoms with van der Waals surface area (Å²) in [6.07, 6.45) is 31.2. The predicted molar refractivity (Wildman–Crippen MR) is 314 cm³/mol. The molecule has 7 aromatic carbocycles. The summed E-state index contributed by atoms with van der Waals surface area (Å²) >= 11 is 0. The van der Waals surface area contributed by atoms with Crippen LogP contribution in [0.4, 0.5) is 0 Å². The van der Waals surface area contributed by atoms with Crippen LogP contribution in [0.5, 0.6) is 0 Å². The molecule has 0 amide bonds. The van der Waals surface area contributed by atoms with Gasteiger partial charge in [0.1, 0.15) is 0 Å². The maximum Gasteiger partial charge on any atom is 0.0540 e. The van der Waals surface area contributed by atoms with Crippen LogP contribution < -0.4 is 0 Å². The molecule has 0 radical (unpaired) electrons. The van der Waals surface area contributed by atoms with Gasteiger partial charge in [0.15, 0.2) is 0 Å². The third-order valence-electron chi connectivity index (χ3n) is 15.9. The van der Waals surface area contributed by atoms with Gasteiger partial charge < -0.3 is 0 Å². The molecule has 0 saturated carbocycles. The fourth-order valence-electron chi connectivity index (χ4n) is 13.3. The van der Waals surface area contributed by atoms with Gasteiger partial charge in [0.25, 0.3) is 0 Å². The lowest BCUT2D eigenvalue weighted by molar-refractivity contribution is 0.461. The third kappa shape index (κ3) is 8.18. The van der Waals surface area contributed by atoms with Gasteiger partial charge in [-0.3, -0.25) is 0 Å². The minimum absolute atomic E-state index is 0.0570. The summed E-state index contributed by atoms with van der Waals surface area (Å²) in [6.45, 7) is 23.6. The summed E-state index contributed by atoms with van der Waals surface area (Å²) < 4.78 is 0. The van der Waals surface area contributed by atoms with E-state index in [9.17, 15) is 0 Å². The molecule has 4 unspecified atom stereocenters. The Morgan fingerprint density at radius 2 is 1.19 bits per heavy atom. The van der Waals surface area contributed by atoms with Crippen LogP contribution in [0.3, 0.4) is 0 Å². The average molecular weight is 939 g/mol. The molecule has 0 aliphatic heterocycles. The molecule has 0 saturated heterocycles. The van der Waals surface area contributed by atoms with Gasteiger partial charge >= 0.3 is 0 Å². The van der Waals surface area contributed by atoms with Gasteiger partial charge in [-0.05, 0) is 166 Å². The van der Waals surface area contributed by atoms with Gasteiger partial charge in [-0.25, -0.2) is 0 Å². The molecule has 1 spiro atoms. The SMILES string of the molecule is C=CC1=C(/C=C\C)C2(c3ccccc31)c1c(C)cccc1C1C=CC=CC12.CC.CCC.Cc1ccc2c3c(c4c(c2c1)C=CCC4)CCC=C3.Cc1cccc2c1C(C)(c1ccccc1)c1ccccc1-2. The number of hydrogen-bond donors (Lipinski definition) is 0. The molecule has 4 atom stereocenters. The van der Waals surface area contributed by atoms with Crippen molar-refractivity contribution in [2.45, 2.75) is 111 Å². The molecule has 0 heterocycles. The number of benzene rings is 7. The topological polar surface area (TPSA) is 0 Å². The highest BCUT2D eigenvalue weighted by Gasteiger charge is 2.57. The van der Waals surface area contributed by atoms with Crippen molar-refractivity contribution in [1.82, 2.24) is 0 Å². The van der Waals surface area contributed by atoms with Crippen LogP contribution in [-0.2, 0) is 23.7 Å². The van der Waals surface area contributed by atoms with Gasteiger partial charge in [0.2, 0.25) is 0 Å². The number of aryl methyl sites for hydroxylation is 3. The van der Waals surface area contributed by atoms with Crippen molar-refractivity contribution in [3.8, 4) is 11.1 Å². The number of allylic oxidation sites excluding steroid dienone is 11. The average Bonchev–Trinajstić information content (AvgIpc) is 4.00. The highest BCUT2D eigenvalue weighted by Crippen LogP contribution is 2.65. The lowest BCUT2D eigenvalue weighted by atomic mass is 9.64. The van der Waals surface area contributed by atoms with E-state index in [1.807, 2.05) is 13.8 Å². The van der Waals surface area contributed by atoms with E-state index in [1.54, 1.807) is 11.1 Å². The Hall–Kier alpha value is -7.02. The Kier molecular flexibility index (Phi) is 14.8. The van der Waals surface area contributed by atoms with E-state index in [0.29, 0.717) is 11.8 Å². The smallest absolute Gasteiger partial charge is 0.0540 e. The minimum atomic E-state index is -0.140. The number of fused-ring (bicyclic) bond motifs is 16. The Morgan fingerprint density at radius 3 is 1.88 bits per heavy atom. The van der Waals surface area contributed by atoms with Gasteiger partial charge in [-0.1, -0.05) is 247 Å². The first-order valence-electron chi connectivity index (χ1n) is 26.9. The van der Waals surface area contributed by atoms with E-state index in [-0.39, 0.29) is 10.8 Å². The molecule has 0 bridgehead atoms. The van der Waals surface area contributed by atoms with Crippen molar-refractivity contribution in [2.75, 3.05) is 0 Å². The molecule has 7 aromatic rings. The van der Waals surface area contributed by atoms with E-state index >= 15 is 0 Å². The molecule has 0 fully saturated rings. The lowest BCUT2D eigenvalue weighted by Gasteiger charge is -2.37. The van der Waals surface area contributed by atoms with Crippen molar-refractivity contribution in [3.05, 3.63) is 278 Å². The van der Waals surface area contributed by atoms with Crippen LogP contribution in [0, 0.1) is 26.7 Å². The van der Waals surface area contributed by atoms with E-state index in [1.165, 1.54) is 132 Å². The summed E-state index contributed by atoms with van der Waals surface area (Å²) in [5, 5.41) is 2.87. The Bertz CT molecular complexity index is 3340. The fraction of sp³-hybridized carbons (Fsp3) is 0.250. The maximum absolute atomic E-state index is 4.19.